The third-order valence-electron chi connectivity index (χ3n) is 6.61. The summed E-state index contributed by atoms with van der Waals surface area (Å²) in [6.45, 7) is 7.82. The first-order chi connectivity index (χ1) is 19.1. The number of amides is 2. The van der Waals surface area contributed by atoms with Gasteiger partial charge in [-0.05, 0) is 62.6 Å². The van der Waals surface area contributed by atoms with E-state index in [0.717, 1.165) is 12.0 Å². The van der Waals surface area contributed by atoms with E-state index in [1.165, 1.54) is 6.92 Å². The number of ether oxygens (including phenoxy) is 2. The summed E-state index contributed by atoms with van der Waals surface area (Å²) < 4.78 is 9.96. The molecule has 1 aliphatic rings. The molecule has 40 heavy (non-hydrogen) atoms. The van der Waals surface area contributed by atoms with Crippen LogP contribution in [0.4, 0.5) is 11.8 Å². The molecule has 2 unspecified atom stereocenters. The minimum atomic E-state index is -0.968. The molecule has 1 aromatic heterocycles. The van der Waals surface area contributed by atoms with Crippen LogP contribution >= 0.6 is 0 Å². The Labute approximate surface area is 232 Å². The zero-order chi connectivity index (χ0) is 29.2. The Morgan fingerprint density at radius 1 is 1.10 bits per heavy atom. The fourth-order valence-electron chi connectivity index (χ4n) is 4.66. The predicted molar refractivity (Wildman–Crippen MR) is 148 cm³/mol. The number of aromatic amines is 1. The second kappa shape index (κ2) is 14.2. The van der Waals surface area contributed by atoms with E-state index in [4.69, 9.17) is 9.47 Å². The van der Waals surface area contributed by atoms with Crippen molar-refractivity contribution < 1.29 is 28.7 Å². The lowest BCUT2D eigenvalue weighted by atomic mass is 9.85. The van der Waals surface area contributed by atoms with E-state index < -0.39 is 23.9 Å². The van der Waals surface area contributed by atoms with Crippen LogP contribution in [0, 0.1) is 5.92 Å². The zero-order valence-corrected chi connectivity index (χ0v) is 23.3. The van der Waals surface area contributed by atoms with Crippen molar-refractivity contribution in [2.75, 3.05) is 30.4 Å². The van der Waals surface area contributed by atoms with Gasteiger partial charge in [-0.25, -0.2) is 4.79 Å². The Morgan fingerprint density at radius 3 is 2.45 bits per heavy atom. The van der Waals surface area contributed by atoms with Crippen molar-refractivity contribution in [1.82, 2.24) is 15.3 Å². The number of esters is 2. The molecule has 2 heterocycles. The number of aromatic nitrogens is 2. The fraction of sp³-hybridized carbons (Fsp3) is 0.500. The van der Waals surface area contributed by atoms with Crippen molar-refractivity contribution in [2.24, 2.45) is 5.92 Å². The van der Waals surface area contributed by atoms with Crippen molar-refractivity contribution in [3.63, 3.8) is 0 Å². The first-order valence-corrected chi connectivity index (χ1v) is 13.5. The lowest BCUT2D eigenvalue weighted by Crippen LogP contribution is -2.42. The molecule has 0 fully saturated rings. The number of carbonyl (C=O) groups is 4. The molecule has 1 aliphatic heterocycles. The van der Waals surface area contributed by atoms with E-state index in [-0.39, 0.29) is 55.3 Å². The summed E-state index contributed by atoms with van der Waals surface area (Å²) >= 11 is 0. The van der Waals surface area contributed by atoms with E-state index in [0.29, 0.717) is 29.9 Å². The van der Waals surface area contributed by atoms with Crippen LogP contribution in [0.3, 0.4) is 0 Å². The highest BCUT2D eigenvalue weighted by molar-refractivity contribution is 5.97. The molecule has 2 amide bonds. The number of carbonyl (C=O) groups excluding carboxylic acids is 4. The van der Waals surface area contributed by atoms with Crippen molar-refractivity contribution in [3.8, 4) is 0 Å². The van der Waals surface area contributed by atoms with Crippen LogP contribution in [0.15, 0.2) is 29.1 Å². The summed E-state index contributed by atoms with van der Waals surface area (Å²) in [5, 5.41) is 8.37. The molecule has 216 valence electrons. The molecule has 12 nitrogen and oxygen atoms in total. The number of hydrogen-bond acceptors (Lipinski definition) is 9. The maximum absolute atomic E-state index is 12.9. The van der Waals surface area contributed by atoms with Gasteiger partial charge in [0, 0.05) is 25.5 Å². The van der Waals surface area contributed by atoms with Crippen LogP contribution in [-0.4, -0.2) is 59.5 Å². The summed E-state index contributed by atoms with van der Waals surface area (Å²) in [6.07, 6.45) is 1.40. The highest BCUT2D eigenvalue weighted by atomic mass is 16.5. The molecule has 2 aromatic rings. The quantitative estimate of drug-likeness (QED) is 0.288. The summed E-state index contributed by atoms with van der Waals surface area (Å²) in [5.41, 5.74) is 1.68. The number of nitrogens with zero attached hydrogens (tertiary/aromatic N) is 1. The van der Waals surface area contributed by atoms with Crippen molar-refractivity contribution >= 4 is 35.5 Å². The minimum absolute atomic E-state index is 0.0209. The van der Waals surface area contributed by atoms with Crippen LogP contribution in [0.5, 0.6) is 0 Å². The SMILES string of the molecule is CCOC(=O)CC[C@H](NC(=O)c1ccc(C(C)CC2CNc3nc(NC(C)=O)[nH]c(=O)c3C2)cc1)C(=O)OCC. The number of anilines is 2. The Kier molecular flexibility index (Phi) is 10.8. The van der Waals surface area contributed by atoms with Gasteiger partial charge in [-0.2, -0.15) is 4.98 Å². The lowest BCUT2D eigenvalue weighted by Gasteiger charge is -2.27. The normalized spacial score (nSPS) is 15.6. The topological polar surface area (TPSA) is 169 Å². The molecule has 0 bridgehead atoms. The highest BCUT2D eigenvalue weighted by Gasteiger charge is 2.26. The Bertz CT molecular complexity index is 1270. The number of nitrogens with one attached hydrogen (secondary N) is 4. The standard InChI is InChI=1S/C28H37N5O7/c1-5-39-23(35)12-11-22(27(38)40-6-2)31-25(36)20-9-7-19(8-10-20)16(3)13-18-14-21-24(29-15-18)32-28(30-17(4)34)33-26(21)37/h7-10,16,18,22H,5-6,11-15H2,1-4H3,(H,31,36)(H3,29,30,32,33,34,37)/t16?,18?,22-/m0/s1. The molecule has 0 aliphatic carbocycles. The van der Waals surface area contributed by atoms with E-state index in [2.05, 4.69) is 32.8 Å². The molecule has 1 aromatic carbocycles. The molecule has 12 heteroatoms. The predicted octanol–water partition coefficient (Wildman–Crippen LogP) is 2.51. The number of benzene rings is 1. The molecule has 4 N–H and O–H groups in total. The van der Waals surface area contributed by atoms with Crippen LogP contribution in [0.1, 0.15) is 74.4 Å². The Morgan fingerprint density at radius 2 is 1.80 bits per heavy atom. The Balaban J connectivity index is 1.60. The number of H-pyrrole nitrogens is 1. The van der Waals surface area contributed by atoms with Gasteiger partial charge in [0.2, 0.25) is 11.9 Å². The highest BCUT2D eigenvalue weighted by Crippen LogP contribution is 2.29. The average molecular weight is 556 g/mol. The Hall–Kier alpha value is -4.22. The monoisotopic (exact) mass is 555 g/mol. The van der Waals surface area contributed by atoms with Gasteiger partial charge in [0.05, 0.1) is 18.8 Å². The van der Waals surface area contributed by atoms with Gasteiger partial charge < -0.3 is 20.1 Å². The number of hydrogen-bond donors (Lipinski definition) is 4. The third kappa shape index (κ3) is 8.39. The maximum atomic E-state index is 12.9. The van der Waals surface area contributed by atoms with Crippen LogP contribution < -0.4 is 21.5 Å². The van der Waals surface area contributed by atoms with E-state index in [1.807, 2.05) is 12.1 Å². The van der Waals surface area contributed by atoms with E-state index >= 15 is 0 Å². The average Bonchev–Trinajstić information content (AvgIpc) is 2.91. The third-order valence-corrected chi connectivity index (χ3v) is 6.61. The fourth-order valence-corrected chi connectivity index (χ4v) is 4.66. The van der Waals surface area contributed by atoms with Crippen molar-refractivity contribution in [1.29, 1.82) is 0 Å². The lowest BCUT2D eigenvalue weighted by molar-refractivity contribution is -0.146. The summed E-state index contributed by atoms with van der Waals surface area (Å²) in [7, 11) is 0. The van der Waals surface area contributed by atoms with Crippen LogP contribution in [-0.2, 0) is 30.3 Å². The first kappa shape index (κ1) is 30.3. The molecule has 0 saturated carbocycles. The largest absolute Gasteiger partial charge is 0.466 e. The van der Waals surface area contributed by atoms with Gasteiger partial charge in [-0.15, -0.1) is 0 Å². The number of rotatable bonds is 12. The first-order valence-electron chi connectivity index (χ1n) is 13.5. The molecule has 3 rings (SSSR count). The van der Waals surface area contributed by atoms with Gasteiger partial charge in [0.25, 0.3) is 11.5 Å². The molecular formula is C28H37N5O7. The van der Waals surface area contributed by atoms with E-state index in [1.54, 1.807) is 26.0 Å². The summed E-state index contributed by atoms with van der Waals surface area (Å²) in [5.74, 6) is -0.883. The second-order valence-electron chi connectivity index (χ2n) is 9.75. The molecule has 0 radical (unpaired) electrons. The molecular weight excluding hydrogens is 518 g/mol. The van der Waals surface area contributed by atoms with E-state index in [9.17, 15) is 24.0 Å². The molecule has 0 spiro atoms. The van der Waals surface area contributed by atoms with Crippen molar-refractivity contribution in [3.05, 3.63) is 51.3 Å². The van der Waals surface area contributed by atoms with Gasteiger partial charge in [-0.3, -0.25) is 29.5 Å². The smallest absolute Gasteiger partial charge is 0.328 e. The van der Waals surface area contributed by atoms with Gasteiger partial charge in [0.1, 0.15) is 11.9 Å². The minimum Gasteiger partial charge on any atom is -0.466 e. The van der Waals surface area contributed by atoms with Crippen LogP contribution in [0.25, 0.3) is 0 Å². The van der Waals surface area contributed by atoms with Gasteiger partial charge >= 0.3 is 11.9 Å². The van der Waals surface area contributed by atoms with Gasteiger partial charge in [-0.1, -0.05) is 19.1 Å². The molecule has 3 atom stereocenters. The number of fused-ring (bicyclic) bond motifs is 1. The second-order valence-corrected chi connectivity index (χ2v) is 9.75. The molecule has 0 saturated heterocycles. The van der Waals surface area contributed by atoms with Crippen LogP contribution in [0.2, 0.25) is 0 Å². The van der Waals surface area contributed by atoms with Crippen molar-refractivity contribution in [2.45, 2.75) is 65.3 Å². The summed E-state index contributed by atoms with van der Waals surface area (Å²) in [4.78, 5) is 67.6. The zero-order valence-electron chi connectivity index (χ0n) is 23.3. The maximum Gasteiger partial charge on any atom is 0.328 e. The summed E-state index contributed by atoms with van der Waals surface area (Å²) in [6, 6.07) is 6.16. The van der Waals surface area contributed by atoms with Gasteiger partial charge in [0.15, 0.2) is 0 Å².